The predicted octanol–water partition coefficient (Wildman–Crippen LogP) is 3.21. The van der Waals surface area contributed by atoms with Gasteiger partial charge in [-0.25, -0.2) is 14.8 Å². The molecule has 1 aliphatic heterocycles. The van der Waals surface area contributed by atoms with E-state index in [2.05, 4.69) is 38.0 Å². The number of aliphatic hydroxyl groups excluding tert-OH is 1. The maximum Gasteiger partial charge on any atom is 0.330 e. The number of carbonyl (C=O) groups is 1. The van der Waals surface area contributed by atoms with Crippen LogP contribution in [0.5, 0.6) is 5.88 Å². The van der Waals surface area contributed by atoms with Crippen molar-refractivity contribution in [3.8, 4) is 5.88 Å². The van der Waals surface area contributed by atoms with E-state index >= 15 is 0 Å². The summed E-state index contributed by atoms with van der Waals surface area (Å²) in [5.41, 5.74) is 2.96. The van der Waals surface area contributed by atoms with Crippen molar-refractivity contribution in [2.45, 2.75) is 51.6 Å². The standard InChI is InChI=1S/C45H73N7O12/c1-4-39-37-48-52-41(34-42(49-45(39)52)51-14-6-5-8-40(51)12-16-53)46-35-38-10-11-43(47-36-38)64-33-32-63-31-30-62-29-28-61-27-26-60-25-24-59-23-22-58-21-20-57-19-18-56-17-15-50(2)13-7-9-44(54)55-3/h7,9-11,34,36-37,40,46,53H,4-6,8,12-33,35H2,1-3H3/b9-7+. The molecular formula is C45H73N7O12. The van der Waals surface area contributed by atoms with Crippen LogP contribution < -0.4 is 15.0 Å². The van der Waals surface area contributed by atoms with Crippen molar-refractivity contribution in [3.05, 3.63) is 53.9 Å². The summed E-state index contributed by atoms with van der Waals surface area (Å²) in [4.78, 5) is 25.0. The number of likely N-dealkylation sites (N-methyl/N-ethyl adjacent to an activating group) is 1. The van der Waals surface area contributed by atoms with E-state index in [-0.39, 0.29) is 18.6 Å². The molecule has 0 aliphatic carbocycles. The molecule has 19 heteroatoms. The van der Waals surface area contributed by atoms with Crippen molar-refractivity contribution < 1.29 is 57.3 Å². The Bertz CT molecular complexity index is 1680. The van der Waals surface area contributed by atoms with E-state index < -0.39 is 0 Å². The number of aryl methyl sites for hydroxylation is 1. The van der Waals surface area contributed by atoms with Crippen LogP contribution in [0.2, 0.25) is 0 Å². The molecule has 0 aromatic carbocycles. The first kappa shape index (κ1) is 52.6. The molecule has 2 N–H and O–H groups in total. The molecule has 0 radical (unpaired) electrons. The number of aromatic nitrogens is 4. The number of hydrogen-bond donors (Lipinski definition) is 2. The Morgan fingerprint density at radius 1 is 0.828 bits per heavy atom. The van der Waals surface area contributed by atoms with Crippen molar-refractivity contribution in [3.63, 3.8) is 0 Å². The first-order chi connectivity index (χ1) is 31.5. The zero-order valence-electron chi connectivity index (χ0n) is 38.3. The van der Waals surface area contributed by atoms with Gasteiger partial charge >= 0.3 is 5.97 Å². The Hall–Kier alpha value is -4.02. The third-order valence-corrected chi connectivity index (χ3v) is 10.1. The molecule has 19 nitrogen and oxygen atoms in total. The zero-order valence-corrected chi connectivity index (χ0v) is 38.3. The highest BCUT2D eigenvalue weighted by Gasteiger charge is 2.25. The number of rotatable bonds is 38. The first-order valence-corrected chi connectivity index (χ1v) is 22.6. The number of carbonyl (C=O) groups excluding carboxylic acids is 1. The molecule has 4 rings (SSSR count). The summed E-state index contributed by atoms with van der Waals surface area (Å²) in [5.74, 6) is 1.97. The van der Waals surface area contributed by atoms with Crippen LogP contribution in [0.15, 0.2) is 42.7 Å². The van der Waals surface area contributed by atoms with E-state index in [4.69, 9.17) is 47.6 Å². The fourth-order valence-corrected chi connectivity index (χ4v) is 6.62. The van der Waals surface area contributed by atoms with Gasteiger partial charge in [0.2, 0.25) is 5.88 Å². The lowest BCUT2D eigenvalue weighted by atomic mass is 9.99. The minimum atomic E-state index is -0.357. The van der Waals surface area contributed by atoms with Gasteiger partial charge in [-0.1, -0.05) is 19.1 Å². The predicted molar refractivity (Wildman–Crippen MR) is 241 cm³/mol. The second kappa shape index (κ2) is 33.5. The van der Waals surface area contributed by atoms with Crippen LogP contribution in [-0.4, -0.2) is 194 Å². The summed E-state index contributed by atoms with van der Waals surface area (Å²) in [6.45, 7) is 13.4. The van der Waals surface area contributed by atoms with Crippen LogP contribution in [0.25, 0.3) is 5.65 Å². The van der Waals surface area contributed by atoms with E-state index in [1.165, 1.54) is 19.6 Å². The van der Waals surface area contributed by atoms with Gasteiger partial charge in [-0.15, -0.1) is 0 Å². The molecule has 3 aromatic rings. The lowest BCUT2D eigenvalue weighted by Crippen LogP contribution is -2.40. The van der Waals surface area contributed by atoms with Crippen LogP contribution in [0.4, 0.5) is 11.6 Å². The Balaban J connectivity index is 0.900. The number of nitrogens with one attached hydrogen (secondary N) is 1. The summed E-state index contributed by atoms with van der Waals surface area (Å²) >= 11 is 0. The van der Waals surface area contributed by atoms with Gasteiger partial charge in [0.1, 0.15) is 18.2 Å². The number of hydrogen-bond acceptors (Lipinski definition) is 18. The van der Waals surface area contributed by atoms with Gasteiger partial charge in [0.25, 0.3) is 0 Å². The third kappa shape index (κ3) is 21.3. The quantitative estimate of drug-likeness (QED) is 0.0484. The number of fused-ring (bicyclic) bond motifs is 1. The molecule has 3 aromatic heterocycles. The first-order valence-electron chi connectivity index (χ1n) is 22.6. The highest BCUT2D eigenvalue weighted by Crippen LogP contribution is 2.29. The van der Waals surface area contributed by atoms with Crippen molar-refractivity contribution in [1.29, 1.82) is 0 Å². The third-order valence-electron chi connectivity index (χ3n) is 10.1. The lowest BCUT2D eigenvalue weighted by Gasteiger charge is -2.36. The number of pyridine rings is 1. The fraction of sp³-hybridized carbons (Fsp3) is 0.689. The molecule has 1 atom stereocenters. The Labute approximate surface area is 378 Å². The number of ether oxygens (including phenoxy) is 10. The van der Waals surface area contributed by atoms with Crippen LogP contribution in [-0.2, 0) is 60.4 Å². The highest BCUT2D eigenvalue weighted by atomic mass is 16.6. The molecule has 0 saturated carbocycles. The number of piperidine rings is 1. The summed E-state index contributed by atoms with van der Waals surface area (Å²) in [6.07, 6.45) is 11.8. The number of aliphatic hydroxyl groups is 1. The maximum atomic E-state index is 11.1. The van der Waals surface area contributed by atoms with Gasteiger partial charge in [0, 0.05) is 68.8 Å². The molecule has 0 spiro atoms. The van der Waals surface area contributed by atoms with Crippen molar-refractivity contribution >= 4 is 23.3 Å². The zero-order chi connectivity index (χ0) is 45.3. The molecular weight excluding hydrogens is 831 g/mol. The monoisotopic (exact) mass is 904 g/mol. The highest BCUT2D eigenvalue weighted by molar-refractivity contribution is 5.81. The van der Waals surface area contributed by atoms with Crippen LogP contribution in [0, 0.1) is 0 Å². The molecule has 1 saturated heterocycles. The van der Waals surface area contributed by atoms with Crippen molar-refractivity contribution in [1.82, 2.24) is 24.5 Å². The molecule has 4 heterocycles. The SMILES string of the molecule is CCc1cnn2c(NCc3ccc(OCCOCCOCCOCCOCCOCCOCCOCCOCCN(C)C/C=C/C(=O)OC)nc3)cc(N3CCCCC3CCO)nc12. The van der Waals surface area contributed by atoms with Crippen molar-refractivity contribution in [2.24, 2.45) is 0 Å². The minimum Gasteiger partial charge on any atom is -0.475 e. The van der Waals surface area contributed by atoms with Crippen LogP contribution >= 0.6 is 0 Å². The van der Waals surface area contributed by atoms with Gasteiger partial charge in [-0.2, -0.15) is 9.61 Å². The van der Waals surface area contributed by atoms with Gasteiger partial charge in [-0.05, 0) is 44.7 Å². The summed E-state index contributed by atoms with van der Waals surface area (Å²) in [6, 6.07) is 6.21. The van der Waals surface area contributed by atoms with Gasteiger partial charge in [0.15, 0.2) is 5.65 Å². The Morgan fingerprint density at radius 2 is 1.42 bits per heavy atom. The molecule has 1 fully saturated rings. The average Bonchev–Trinajstić information content (AvgIpc) is 3.74. The Kier molecular flexibility index (Phi) is 27.5. The molecule has 1 aliphatic rings. The van der Waals surface area contributed by atoms with Gasteiger partial charge in [0.05, 0.1) is 119 Å². The topological polar surface area (TPSA) is 191 Å². The smallest absolute Gasteiger partial charge is 0.330 e. The summed E-state index contributed by atoms with van der Waals surface area (Å²) in [7, 11) is 3.31. The molecule has 0 bridgehead atoms. The van der Waals surface area contributed by atoms with E-state index in [1.807, 2.05) is 41.0 Å². The normalized spacial score (nSPS) is 14.3. The molecule has 64 heavy (non-hydrogen) atoms. The maximum absolute atomic E-state index is 11.1. The largest absolute Gasteiger partial charge is 0.475 e. The fourth-order valence-electron chi connectivity index (χ4n) is 6.62. The van der Waals surface area contributed by atoms with Gasteiger partial charge in [-0.3, -0.25) is 0 Å². The summed E-state index contributed by atoms with van der Waals surface area (Å²) < 4.78 is 56.6. The molecule has 0 amide bonds. The minimum absolute atomic E-state index is 0.172. The number of methoxy groups -OCH3 is 1. The lowest BCUT2D eigenvalue weighted by molar-refractivity contribution is -0.134. The Morgan fingerprint density at radius 3 is 1.97 bits per heavy atom. The molecule has 1 unspecified atom stereocenters. The second-order valence-corrected chi connectivity index (χ2v) is 14.9. The average molecular weight is 904 g/mol. The molecule has 360 valence electrons. The second-order valence-electron chi connectivity index (χ2n) is 14.9. The van der Waals surface area contributed by atoms with E-state index in [0.717, 1.165) is 67.2 Å². The van der Waals surface area contributed by atoms with Crippen LogP contribution in [0.3, 0.4) is 0 Å². The van der Waals surface area contributed by atoms with E-state index in [1.54, 1.807) is 6.08 Å². The number of nitrogens with zero attached hydrogens (tertiary/aromatic N) is 6. The van der Waals surface area contributed by atoms with E-state index in [9.17, 15) is 9.90 Å². The summed E-state index contributed by atoms with van der Waals surface area (Å²) in [5, 5.41) is 17.8. The number of anilines is 2. The van der Waals surface area contributed by atoms with E-state index in [0.29, 0.717) is 131 Å². The van der Waals surface area contributed by atoms with Crippen LogP contribution in [0.1, 0.15) is 43.7 Å². The van der Waals surface area contributed by atoms with Gasteiger partial charge < -0.3 is 67.6 Å². The van der Waals surface area contributed by atoms with Crippen molar-refractivity contribution in [2.75, 3.05) is 163 Å². The number of esters is 1.